The van der Waals surface area contributed by atoms with Crippen LogP contribution in [0.15, 0.2) is 52.0 Å². The smallest absolute Gasteiger partial charge is 0.252 e. The number of rotatable bonds is 7. The third-order valence-electron chi connectivity index (χ3n) is 3.45. The Morgan fingerprint density at radius 3 is 2.57 bits per heavy atom. The van der Waals surface area contributed by atoms with Gasteiger partial charge in [-0.2, -0.15) is 0 Å². The molecule has 0 saturated heterocycles. The van der Waals surface area contributed by atoms with Crippen molar-refractivity contribution in [3.05, 3.63) is 54.0 Å². The second-order valence-corrected chi connectivity index (χ2v) is 7.49. The van der Waals surface area contributed by atoms with Crippen LogP contribution in [0.2, 0.25) is 0 Å². The quantitative estimate of drug-likeness (QED) is 0.783. The van der Waals surface area contributed by atoms with Crippen LogP contribution in [0.4, 0.5) is 0 Å². The number of likely N-dealkylation sites (N-methyl/N-ethyl adjacent to an activating group) is 1. The van der Waals surface area contributed by atoms with Crippen molar-refractivity contribution in [1.82, 2.24) is 10.2 Å². The van der Waals surface area contributed by atoms with Gasteiger partial charge in [0, 0.05) is 16.7 Å². The van der Waals surface area contributed by atoms with Gasteiger partial charge in [-0.1, -0.05) is 26.0 Å². The summed E-state index contributed by atoms with van der Waals surface area (Å²) < 4.78 is 5.47. The summed E-state index contributed by atoms with van der Waals surface area (Å²) in [6.45, 7) is 4.75. The van der Waals surface area contributed by atoms with Crippen LogP contribution < -0.4 is 5.32 Å². The molecule has 1 atom stereocenters. The van der Waals surface area contributed by atoms with Gasteiger partial charge in [0.25, 0.3) is 5.91 Å². The minimum absolute atomic E-state index is 0.0128. The molecule has 0 aliphatic rings. The monoisotopic (exact) mass is 332 g/mol. The van der Waals surface area contributed by atoms with Gasteiger partial charge in [-0.25, -0.2) is 0 Å². The van der Waals surface area contributed by atoms with Gasteiger partial charge < -0.3 is 9.73 Å². The van der Waals surface area contributed by atoms with Crippen molar-refractivity contribution in [2.45, 2.75) is 30.0 Å². The summed E-state index contributed by atoms with van der Waals surface area (Å²) in [6.07, 6.45) is 1.65. The van der Waals surface area contributed by atoms with E-state index in [1.165, 1.54) is 0 Å². The molecule has 1 aromatic carbocycles. The number of carbonyl (C=O) groups is 1. The fourth-order valence-electron chi connectivity index (χ4n) is 2.31. The van der Waals surface area contributed by atoms with E-state index in [9.17, 15) is 4.79 Å². The lowest BCUT2D eigenvalue weighted by Gasteiger charge is -2.23. The van der Waals surface area contributed by atoms with Gasteiger partial charge in [-0.15, -0.1) is 11.8 Å². The molecule has 2 aromatic rings. The molecular weight excluding hydrogens is 308 g/mol. The Balaban J connectivity index is 2.07. The highest BCUT2D eigenvalue weighted by atomic mass is 32.2. The largest absolute Gasteiger partial charge is 0.468 e. The molecular formula is C18H24N2O2S. The summed E-state index contributed by atoms with van der Waals surface area (Å²) in [5.74, 6) is 0.798. The topological polar surface area (TPSA) is 45.5 Å². The first-order chi connectivity index (χ1) is 11.0. The van der Waals surface area contributed by atoms with Crippen molar-refractivity contribution in [3.8, 4) is 0 Å². The number of hydrogen-bond acceptors (Lipinski definition) is 4. The van der Waals surface area contributed by atoms with Crippen LogP contribution in [0.1, 0.15) is 36.0 Å². The molecule has 0 radical (unpaired) electrons. The van der Waals surface area contributed by atoms with E-state index in [0.717, 1.165) is 16.2 Å². The molecule has 1 N–H and O–H groups in total. The maximum atomic E-state index is 12.6. The van der Waals surface area contributed by atoms with Gasteiger partial charge in [0.1, 0.15) is 5.76 Å². The number of furan rings is 1. The predicted octanol–water partition coefficient (Wildman–Crippen LogP) is 3.81. The lowest BCUT2D eigenvalue weighted by atomic mass is 10.1. The molecule has 0 aliphatic carbocycles. The molecule has 1 aromatic heterocycles. The second kappa shape index (κ2) is 8.22. The molecule has 1 amide bonds. The summed E-state index contributed by atoms with van der Waals surface area (Å²) >= 11 is 1.70. The maximum Gasteiger partial charge on any atom is 0.252 e. The molecule has 1 unspecified atom stereocenters. The van der Waals surface area contributed by atoms with Gasteiger partial charge in [-0.05, 0) is 38.4 Å². The summed E-state index contributed by atoms with van der Waals surface area (Å²) in [5, 5.41) is 3.46. The zero-order valence-corrected chi connectivity index (χ0v) is 14.9. The molecule has 1 heterocycles. The van der Waals surface area contributed by atoms with E-state index in [-0.39, 0.29) is 11.9 Å². The Hall–Kier alpha value is -1.72. The zero-order chi connectivity index (χ0) is 16.8. The van der Waals surface area contributed by atoms with Gasteiger partial charge in [0.2, 0.25) is 0 Å². The van der Waals surface area contributed by atoms with Crippen LogP contribution in [-0.2, 0) is 0 Å². The Morgan fingerprint density at radius 2 is 1.96 bits per heavy atom. The molecule has 0 bridgehead atoms. The number of carbonyl (C=O) groups excluding carboxylic acids is 1. The van der Waals surface area contributed by atoms with E-state index >= 15 is 0 Å². The normalized spacial score (nSPS) is 12.6. The van der Waals surface area contributed by atoms with E-state index in [0.29, 0.717) is 11.8 Å². The molecule has 5 heteroatoms. The summed E-state index contributed by atoms with van der Waals surface area (Å²) in [5.41, 5.74) is 0.725. The molecule has 0 spiro atoms. The summed E-state index contributed by atoms with van der Waals surface area (Å²) in [4.78, 5) is 15.6. The van der Waals surface area contributed by atoms with E-state index in [1.54, 1.807) is 18.0 Å². The first-order valence-electron chi connectivity index (χ1n) is 7.72. The van der Waals surface area contributed by atoms with Crippen LogP contribution >= 0.6 is 11.8 Å². The molecule has 0 aliphatic heterocycles. The van der Waals surface area contributed by atoms with Crippen molar-refractivity contribution in [1.29, 1.82) is 0 Å². The molecule has 23 heavy (non-hydrogen) atoms. The van der Waals surface area contributed by atoms with Crippen molar-refractivity contribution >= 4 is 17.7 Å². The first kappa shape index (κ1) is 17.6. The van der Waals surface area contributed by atoms with Gasteiger partial charge >= 0.3 is 0 Å². The summed E-state index contributed by atoms with van der Waals surface area (Å²) in [6, 6.07) is 11.5. The minimum Gasteiger partial charge on any atom is -0.468 e. The van der Waals surface area contributed by atoms with Crippen LogP contribution in [0, 0.1) is 0 Å². The van der Waals surface area contributed by atoms with E-state index in [1.807, 2.05) is 55.4 Å². The van der Waals surface area contributed by atoms with Crippen molar-refractivity contribution in [2.24, 2.45) is 0 Å². The van der Waals surface area contributed by atoms with Crippen LogP contribution in [-0.4, -0.2) is 36.7 Å². The van der Waals surface area contributed by atoms with Crippen molar-refractivity contribution in [3.63, 3.8) is 0 Å². The molecule has 0 saturated carbocycles. The van der Waals surface area contributed by atoms with Crippen LogP contribution in [0.5, 0.6) is 0 Å². The fraction of sp³-hybridized carbons (Fsp3) is 0.389. The highest BCUT2D eigenvalue weighted by Crippen LogP contribution is 2.26. The zero-order valence-electron chi connectivity index (χ0n) is 14.1. The van der Waals surface area contributed by atoms with Gasteiger partial charge in [-0.3, -0.25) is 9.69 Å². The Morgan fingerprint density at radius 1 is 1.22 bits per heavy atom. The maximum absolute atomic E-state index is 12.6. The summed E-state index contributed by atoms with van der Waals surface area (Å²) in [7, 11) is 3.95. The second-order valence-electron chi connectivity index (χ2n) is 5.87. The van der Waals surface area contributed by atoms with Gasteiger partial charge in [0.05, 0.1) is 17.9 Å². The lowest BCUT2D eigenvalue weighted by molar-refractivity contribution is 0.0936. The van der Waals surface area contributed by atoms with Crippen LogP contribution in [0.3, 0.4) is 0 Å². The Kier molecular flexibility index (Phi) is 6.30. The highest BCUT2D eigenvalue weighted by Gasteiger charge is 2.19. The Labute approximate surface area is 142 Å². The highest BCUT2D eigenvalue weighted by molar-refractivity contribution is 8.00. The fourth-order valence-corrected chi connectivity index (χ4v) is 3.27. The molecule has 4 nitrogen and oxygen atoms in total. The van der Waals surface area contributed by atoms with E-state index in [2.05, 4.69) is 19.2 Å². The average molecular weight is 332 g/mol. The third-order valence-corrected chi connectivity index (χ3v) is 4.53. The standard InChI is InChI=1S/C18H24N2O2S/c1-13(2)23-17-10-6-5-8-14(17)18(21)19-12-15(20(3)4)16-9-7-11-22-16/h5-11,13,15H,12H2,1-4H3,(H,19,21). The number of nitrogens with one attached hydrogen (secondary N) is 1. The SMILES string of the molecule is CC(C)Sc1ccccc1C(=O)NCC(c1ccco1)N(C)C. The number of amides is 1. The van der Waals surface area contributed by atoms with Crippen molar-refractivity contribution < 1.29 is 9.21 Å². The third kappa shape index (κ3) is 4.88. The number of benzene rings is 1. The average Bonchev–Trinajstić information content (AvgIpc) is 3.01. The lowest BCUT2D eigenvalue weighted by Crippen LogP contribution is -2.34. The van der Waals surface area contributed by atoms with Gasteiger partial charge in [0.15, 0.2) is 0 Å². The Bertz CT molecular complexity index is 624. The van der Waals surface area contributed by atoms with E-state index in [4.69, 9.17) is 4.42 Å². The molecule has 0 fully saturated rings. The first-order valence-corrected chi connectivity index (χ1v) is 8.60. The number of hydrogen-bond donors (Lipinski definition) is 1. The van der Waals surface area contributed by atoms with Crippen molar-refractivity contribution in [2.75, 3.05) is 20.6 Å². The molecule has 124 valence electrons. The molecule has 2 rings (SSSR count). The minimum atomic E-state index is -0.0489. The van der Waals surface area contributed by atoms with Crippen LogP contribution in [0.25, 0.3) is 0 Å². The number of nitrogens with zero attached hydrogens (tertiary/aromatic N) is 1. The van der Waals surface area contributed by atoms with E-state index < -0.39 is 0 Å². The number of thioether (sulfide) groups is 1. The predicted molar refractivity (Wildman–Crippen MR) is 94.9 cm³/mol.